The second-order valence-electron chi connectivity index (χ2n) is 16.6. The third-order valence-corrected chi connectivity index (χ3v) is 14.0. The monoisotopic (exact) mass is 1160 g/mol. The minimum absolute atomic E-state index is 0.199. The lowest BCUT2D eigenvalue weighted by atomic mass is 9.89. The number of alkyl halides is 3. The normalized spacial score (nSPS) is 13.7. The highest BCUT2D eigenvalue weighted by Crippen LogP contribution is 2.53. The zero-order valence-electron chi connectivity index (χ0n) is 40.2. The van der Waals surface area contributed by atoms with Gasteiger partial charge in [0.15, 0.2) is 4.77 Å². The van der Waals surface area contributed by atoms with E-state index in [0.717, 1.165) is 44.5 Å². The summed E-state index contributed by atoms with van der Waals surface area (Å²) in [7, 11) is 5.41. The number of benzene rings is 4. The standard InChI is InChI=1S/C19H18ClN3O4.C16H16Cl3F2N3O2.C14H15Cl2N3OS/c1-25-19(24)23(26-2)17-6-4-3-5-14(17)13-27-18-11-12-22(21-18)16-9-7-15(20)8-10-16;1-8(4-10-12(18)5-9(17)6-13(10)19)24(26-3)16(25)11-7-23(2)22-14(11)15(20)21;15-11-4-2-1-3-10(11)7-14(20,13(16)5-6-13)8-19-12(21)17-9-18-19/h3-12H,13H2,1-2H3;5-8,15H,4H2,1-3H3;1-4,9,20H,5-8H2,(H,17,18,21). The van der Waals surface area contributed by atoms with Crippen LogP contribution < -0.4 is 9.80 Å². The van der Waals surface area contributed by atoms with Crippen LogP contribution in [-0.2, 0) is 47.5 Å². The van der Waals surface area contributed by atoms with Gasteiger partial charge in [0.2, 0.25) is 5.88 Å². The van der Waals surface area contributed by atoms with Gasteiger partial charge in [-0.15, -0.1) is 16.7 Å². The largest absolute Gasteiger partial charge is 0.472 e. The number of hydrogen-bond donors (Lipinski definition) is 2. The number of ether oxygens (including phenoxy) is 2. The molecule has 2 amide bonds. The number of para-hydroxylation sites is 1. The summed E-state index contributed by atoms with van der Waals surface area (Å²) in [5.41, 5.74) is 1.60. The van der Waals surface area contributed by atoms with Gasteiger partial charge in [0, 0.05) is 62.6 Å². The third kappa shape index (κ3) is 14.5. The van der Waals surface area contributed by atoms with E-state index in [4.69, 9.17) is 101 Å². The average molecular weight is 1160 g/mol. The van der Waals surface area contributed by atoms with Crippen LogP contribution in [0.5, 0.6) is 5.88 Å². The SMILES string of the molecule is COC(=O)N(OC)c1ccccc1COc1ccn(-c2ccc(Cl)cc2)n1.CON(C(=O)c1cn(C)nc1C(F)F)C(C)Cc1c(Cl)cc(Cl)cc1Cl.OC(Cc1ccccc1Cl)(Cn1nc[nH]c1=S)C1(Cl)CC1. The number of rotatable bonds is 17. The van der Waals surface area contributed by atoms with Gasteiger partial charge in [-0.1, -0.05) is 94.4 Å². The Kier molecular flexibility index (Phi) is 20.3. The number of aromatic amines is 1. The van der Waals surface area contributed by atoms with E-state index in [1.54, 1.807) is 52.8 Å². The Bertz CT molecular complexity index is 3060. The number of nitrogens with zero attached hydrogens (tertiary/aromatic N) is 8. The Morgan fingerprint density at radius 1 is 0.892 bits per heavy atom. The first-order valence-electron chi connectivity index (χ1n) is 22.2. The maximum absolute atomic E-state index is 13.1. The van der Waals surface area contributed by atoms with Gasteiger partial charge in [0.05, 0.1) is 55.7 Å². The molecule has 0 saturated heterocycles. The maximum atomic E-state index is 13.1. The summed E-state index contributed by atoms with van der Waals surface area (Å²) in [5.74, 6) is -0.286. The van der Waals surface area contributed by atoms with Gasteiger partial charge in [-0.05, 0) is 98.1 Å². The first kappa shape index (κ1) is 57.9. The van der Waals surface area contributed by atoms with E-state index < -0.39 is 40.6 Å². The predicted octanol–water partition coefficient (Wildman–Crippen LogP) is 12.5. The van der Waals surface area contributed by atoms with E-state index in [0.29, 0.717) is 53.4 Å². The highest BCUT2D eigenvalue weighted by atomic mass is 35.5. The second kappa shape index (κ2) is 26.0. The quantitative estimate of drug-likeness (QED) is 0.0506. The second-order valence-corrected chi connectivity index (χ2v) is 19.8. The molecule has 0 aliphatic heterocycles. The van der Waals surface area contributed by atoms with Crippen molar-refractivity contribution >= 4 is 99.5 Å². The molecule has 1 fully saturated rings. The molecule has 0 spiro atoms. The van der Waals surface area contributed by atoms with Gasteiger partial charge in [0.25, 0.3) is 12.3 Å². The molecule has 0 bridgehead atoms. The molecule has 2 unspecified atom stereocenters. The summed E-state index contributed by atoms with van der Waals surface area (Å²) in [5, 5.41) is 27.7. The molecule has 8 rings (SSSR count). The molecule has 4 aromatic carbocycles. The number of aliphatic hydroxyl groups is 1. The van der Waals surface area contributed by atoms with Crippen LogP contribution in [-0.4, -0.2) is 94.3 Å². The Morgan fingerprint density at radius 3 is 2.12 bits per heavy atom. The van der Waals surface area contributed by atoms with Gasteiger partial charge in [-0.2, -0.15) is 15.3 Å². The fourth-order valence-corrected chi connectivity index (χ4v) is 9.23. The number of methoxy groups -OCH3 is 1. The Morgan fingerprint density at radius 2 is 1.54 bits per heavy atom. The van der Waals surface area contributed by atoms with Gasteiger partial charge in [-0.3, -0.25) is 19.2 Å². The van der Waals surface area contributed by atoms with Crippen LogP contribution in [0.15, 0.2) is 110 Å². The summed E-state index contributed by atoms with van der Waals surface area (Å²) in [6.45, 7) is 2.12. The van der Waals surface area contributed by atoms with Crippen molar-refractivity contribution in [3.8, 4) is 11.6 Å². The first-order chi connectivity index (χ1) is 35.2. The number of hydrogen-bond acceptors (Lipinski definition) is 11. The molecule has 3 heterocycles. The molecule has 0 radical (unpaired) electrons. The molecule has 2 N–H and O–H groups in total. The zero-order valence-corrected chi connectivity index (χ0v) is 45.5. The molecule has 16 nitrogen and oxygen atoms in total. The molecule has 25 heteroatoms. The lowest BCUT2D eigenvalue weighted by molar-refractivity contribution is -0.119. The maximum Gasteiger partial charge on any atom is 0.438 e. The highest BCUT2D eigenvalue weighted by Gasteiger charge is 2.58. The number of amides is 2. The van der Waals surface area contributed by atoms with E-state index in [-0.39, 0.29) is 25.1 Å². The van der Waals surface area contributed by atoms with Crippen LogP contribution in [0.3, 0.4) is 0 Å². The molecular formula is C49H49Cl6F2N9O7S. The van der Waals surface area contributed by atoms with Crippen molar-refractivity contribution in [2.75, 3.05) is 26.4 Å². The Labute approximate surface area is 460 Å². The Balaban J connectivity index is 0.000000182. The van der Waals surface area contributed by atoms with Crippen molar-refractivity contribution in [1.82, 2.24) is 39.4 Å². The molecule has 1 saturated carbocycles. The number of aromatic nitrogens is 7. The van der Waals surface area contributed by atoms with Gasteiger partial charge < -0.3 is 19.6 Å². The van der Waals surface area contributed by atoms with Gasteiger partial charge in [-0.25, -0.2) is 28.0 Å². The molecule has 74 heavy (non-hydrogen) atoms. The van der Waals surface area contributed by atoms with Crippen molar-refractivity contribution in [3.63, 3.8) is 0 Å². The van der Waals surface area contributed by atoms with E-state index in [2.05, 4.69) is 20.3 Å². The number of halogens is 8. The van der Waals surface area contributed by atoms with Crippen LogP contribution >= 0.6 is 81.8 Å². The number of anilines is 1. The predicted molar refractivity (Wildman–Crippen MR) is 283 cm³/mol. The summed E-state index contributed by atoms with van der Waals surface area (Å²) >= 11 is 42.0. The minimum atomic E-state index is -2.88. The first-order valence-corrected chi connectivity index (χ1v) is 24.9. The van der Waals surface area contributed by atoms with Crippen molar-refractivity contribution in [2.24, 2.45) is 7.05 Å². The summed E-state index contributed by atoms with van der Waals surface area (Å²) in [6.07, 6.45) is 3.16. The molecule has 7 aromatic rings. The Hall–Kier alpha value is -5.32. The fraction of sp³-hybridized carbons (Fsp3) is 0.306. The highest BCUT2D eigenvalue weighted by molar-refractivity contribution is 7.71. The molecule has 1 aliphatic rings. The molecular weight excluding hydrogens is 1110 g/mol. The van der Waals surface area contributed by atoms with Crippen LogP contribution in [0.25, 0.3) is 5.69 Å². The molecule has 2 atom stereocenters. The summed E-state index contributed by atoms with van der Waals surface area (Å²) < 4.78 is 41.6. The van der Waals surface area contributed by atoms with Crippen LogP contribution in [0.4, 0.5) is 19.3 Å². The lowest BCUT2D eigenvalue weighted by Crippen LogP contribution is -2.47. The number of aryl methyl sites for hydroxylation is 1. The topological polar surface area (TPSA) is 167 Å². The van der Waals surface area contributed by atoms with E-state index >= 15 is 0 Å². The summed E-state index contributed by atoms with van der Waals surface area (Å²) in [4.78, 5) is 37.0. The number of carbonyl (C=O) groups is 2. The van der Waals surface area contributed by atoms with Crippen LogP contribution in [0.1, 0.15) is 58.9 Å². The zero-order chi connectivity index (χ0) is 53.9. The van der Waals surface area contributed by atoms with Crippen molar-refractivity contribution in [2.45, 2.75) is 68.7 Å². The lowest BCUT2D eigenvalue weighted by Gasteiger charge is -2.33. The number of nitrogens with one attached hydrogen (secondary N) is 1. The molecule has 1 aliphatic carbocycles. The van der Waals surface area contributed by atoms with E-state index in [1.165, 1.54) is 53.0 Å². The number of H-pyrrole nitrogens is 1. The number of carbonyl (C=O) groups excluding carboxylic acids is 2. The van der Waals surface area contributed by atoms with Crippen molar-refractivity contribution in [1.29, 1.82) is 0 Å². The average Bonchev–Trinajstić information content (AvgIpc) is 3.63. The van der Waals surface area contributed by atoms with Crippen LogP contribution in [0, 0.1) is 4.77 Å². The third-order valence-electron chi connectivity index (χ3n) is 11.5. The van der Waals surface area contributed by atoms with Crippen molar-refractivity contribution < 1.29 is 42.6 Å². The smallest absolute Gasteiger partial charge is 0.438 e. The summed E-state index contributed by atoms with van der Waals surface area (Å²) in [6, 6.07) is 26.3. The van der Waals surface area contributed by atoms with Crippen molar-refractivity contribution in [3.05, 3.63) is 168 Å². The van der Waals surface area contributed by atoms with Crippen LogP contribution in [0.2, 0.25) is 25.1 Å². The van der Waals surface area contributed by atoms with Gasteiger partial charge in [0.1, 0.15) is 24.2 Å². The minimum Gasteiger partial charge on any atom is -0.472 e. The fourth-order valence-electron chi connectivity index (χ4n) is 7.55. The van der Waals surface area contributed by atoms with E-state index in [9.17, 15) is 23.5 Å². The molecule has 3 aromatic heterocycles. The molecule has 394 valence electrons. The van der Waals surface area contributed by atoms with E-state index in [1.807, 2.05) is 48.5 Å². The van der Waals surface area contributed by atoms with Gasteiger partial charge >= 0.3 is 6.09 Å². The number of hydroxylamine groups is 3.